The highest BCUT2D eigenvalue weighted by molar-refractivity contribution is 5.76. The van der Waals surface area contributed by atoms with Gasteiger partial charge in [-0.15, -0.1) is 0 Å². The summed E-state index contributed by atoms with van der Waals surface area (Å²) in [6, 6.07) is 0.361. The summed E-state index contributed by atoms with van der Waals surface area (Å²) < 4.78 is 0. The molecule has 10 heavy (non-hydrogen) atoms. The number of nitrogens with one attached hydrogen (secondary N) is 3. The average Bonchev–Trinajstić information content (AvgIpc) is 1.87. The summed E-state index contributed by atoms with van der Waals surface area (Å²) >= 11 is 0. The molecule has 1 unspecified atom stereocenters. The molecule has 0 bridgehead atoms. The third-order valence-corrected chi connectivity index (χ3v) is 1.62. The van der Waals surface area contributed by atoms with E-state index in [1.165, 1.54) is 0 Å². The van der Waals surface area contributed by atoms with Crippen LogP contribution in [0.25, 0.3) is 0 Å². The zero-order valence-electron chi connectivity index (χ0n) is 7.15. The van der Waals surface area contributed by atoms with Crippen molar-refractivity contribution in [2.24, 2.45) is 5.92 Å². The number of guanidine groups is 1. The van der Waals surface area contributed by atoms with Gasteiger partial charge in [0, 0.05) is 13.1 Å². The standard InChI is InChI=1S/C7H17N3/c1-5(2)6(3)10-7(8)9-4/h5-6H,1-4H3,(H3,8,9,10). The summed E-state index contributed by atoms with van der Waals surface area (Å²) in [4.78, 5) is 0. The van der Waals surface area contributed by atoms with Gasteiger partial charge in [0.1, 0.15) is 0 Å². The molecule has 0 aliphatic rings. The largest absolute Gasteiger partial charge is 0.360 e. The van der Waals surface area contributed by atoms with Crippen molar-refractivity contribution in [1.29, 1.82) is 5.41 Å². The van der Waals surface area contributed by atoms with Crippen LogP contribution in [-0.2, 0) is 0 Å². The van der Waals surface area contributed by atoms with Crippen molar-refractivity contribution in [3.8, 4) is 0 Å². The highest BCUT2D eigenvalue weighted by Crippen LogP contribution is 1.98. The molecule has 0 spiro atoms. The van der Waals surface area contributed by atoms with Gasteiger partial charge in [-0.25, -0.2) is 0 Å². The summed E-state index contributed by atoms with van der Waals surface area (Å²) in [5.41, 5.74) is 0. The molecule has 60 valence electrons. The van der Waals surface area contributed by atoms with E-state index in [1.807, 2.05) is 0 Å². The van der Waals surface area contributed by atoms with Crippen LogP contribution < -0.4 is 10.6 Å². The highest BCUT2D eigenvalue weighted by atomic mass is 15.1. The van der Waals surface area contributed by atoms with Crippen molar-refractivity contribution >= 4 is 5.96 Å². The molecule has 0 aromatic rings. The summed E-state index contributed by atoms with van der Waals surface area (Å²) in [6.45, 7) is 6.32. The van der Waals surface area contributed by atoms with Gasteiger partial charge in [0.2, 0.25) is 0 Å². The zero-order chi connectivity index (χ0) is 8.15. The van der Waals surface area contributed by atoms with E-state index in [0.29, 0.717) is 17.9 Å². The molecule has 1 atom stereocenters. The van der Waals surface area contributed by atoms with Gasteiger partial charge < -0.3 is 10.6 Å². The molecule has 0 amide bonds. The van der Waals surface area contributed by atoms with E-state index >= 15 is 0 Å². The van der Waals surface area contributed by atoms with Gasteiger partial charge in [0.25, 0.3) is 0 Å². The van der Waals surface area contributed by atoms with Gasteiger partial charge in [-0.2, -0.15) is 0 Å². The number of hydrogen-bond donors (Lipinski definition) is 3. The van der Waals surface area contributed by atoms with Crippen LogP contribution in [-0.4, -0.2) is 19.0 Å². The maximum atomic E-state index is 7.24. The molecule has 0 aliphatic carbocycles. The van der Waals surface area contributed by atoms with Crippen LogP contribution in [0.2, 0.25) is 0 Å². The van der Waals surface area contributed by atoms with Crippen LogP contribution in [0.3, 0.4) is 0 Å². The van der Waals surface area contributed by atoms with E-state index in [0.717, 1.165) is 0 Å². The Labute approximate surface area is 62.7 Å². The maximum absolute atomic E-state index is 7.24. The topological polar surface area (TPSA) is 47.9 Å². The summed E-state index contributed by atoms with van der Waals surface area (Å²) in [5, 5.41) is 13.0. The van der Waals surface area contributed by atoms with Crippen molar-refractivity contribution in [1.82, 2.24) is 10.6 Å². The van der Waals surface area contributed by atoms with E-state index in [1.54, 1.807) is 7.05 Å². The molecule has 0 radical (unpaired) electrons. The molecule has 0 heterocycles. The number of rotatable bonds is 2. The van der Waals surface area contributed by atoms with Gasteiger partial charge in [-0.05, 0) is 12.8 Å². The monoisotopic (exact) mass is 143 g/mol. The van der Waals surface area contributed by atoms with Crippen molar-refractivity contribution in [3.05, 3.63) is 0 Å². The average molecular weight is 143 g/mol. The number of hydrogen-bond acceptors (Lipinski definition) is 1. The summed E-state index contributed by atoms with van der Waals surface area (Å²) in [6.07, 6.45) is 0. The third-order valence-electron chi connectivity index (χ3n) is 1.62. The predicted octanol–water partition coefficient (Wildman–Crippen LogP) is 0.775. The van der Waals surface area contributed by atoms with Crippen molar-refractivity contribution < 1.29 is 0 Å². The second kappa shape index (κ2) is 4.14. The fourth-order valence-electron chi connectivity index (χ4n) is 0.467. The molecule has 0 aromatic heterocycles. The van der Waals surface area contributed by atoms with Crippen LogP contribution in [0.1, 0.15) is 20.8 Å². The van der Waals surface area contributed by atoms with Gasteiger partial charge in [0.15, 0.2) is 5.96 Å². The van der Waals surface area contributed by atoms with E-state index in [-0.39, 0.29) is 0 Å². The van der Waals surface area contributed by atoms with E-state index < -0.39 is 0 Å². The Hall–Kier alpha value is -0.730. The van der Waals surface area contributed by atoms with Crippen LogP contribution in [0, 0.1) is 11.3 Å². The molecule has 0 saturated carbocycles. The Morgan fingerprint density at radius 2 is 1.80 bits per heavy atom. The van der Waals surface area contributed by atoms with Crippen LogP contribution in [0.5, 0.6) is 0 Å². The molecule has 0 saturated heterocycles. The Balaban J connectivity index is 3.57. The first-order valence-electron chi connectivity index (χ1n) is 3.60. The first-order valence-corrected chi connectivity index (χ1v) is 3.60. The maximum Gasteiger partial charge on any atom is 0.188 e. The minimum Gasteiger partial charge on any atom is -0.360 e. The summed E-state index contributed by atoms with van der Waals surface area (Å²) in [7, 11) is 1.74. The van der Waals surface area contributed by atoms with Gasteiger partial charge in [0.05, 0.1) is 0 Å². The normalized spacial score (nSPS) is 12.9. The molecule has 0 aromatic carbocycles. The Morgan fingerprint density at radius 3 is 2.10 bits per heavy atom. The van der Waals surface area contributed by atoms with Gasteiger partial charge in [-0.1, -0.05) is 13.8 Å². The smallest absolute Gasteiger partial charge is 0.188 e. The lowest BCUT2D eigenvalue weighted by molar-refractivity contribution is 0.482. The molecule has 0 aliphatic heterocycles. The van der Waals surface area contributed by atoms with Crippen LogP contribution in [0.4, 0.5) is 0 Å². The highest BCUT2D eigenvalue weighted by Gasteiger charge is 2.06. The predicted molar refractivity (Wildman–Crippen MR) is 44.2 cm³/mol. The molecule has 0 rings (SSSR count). The van der Waals surface area contributed by atoms with Gasteiger partial charge >= 0.3 is 0 Å². The lowest BCUT2D eigenvalue weighted by Crippen LogP contribution is -2.41. The fourth-order valence-corrected chi connectivity index (χ4v) is 0.467. The van der Waals surface area contributed by atoms with Crippen molar-refractivity contribution in [2.75, 3.05) is 7.05 Å². The molecular formula is C7H17N3. The lowest BCUT2D eigenvalue weighted by Gasteiger charge is -2.18. The molecule has 3 N–H and O–H groups in total. The minimum atomic E-state index is 0.361. The first-order chi connectivity index (χ1) is 4.57. The van der Waals surface area contributed by atoms with Gasteiger partial charge in [-0.3, -0.25) is 5.41 Å². The van der Waals surface area contributed by atoms with E-state index in [4.69, 9.17) is 5.41 Å². The van der Waals surface area contributed by atoms with Crippen LogP contribution in [0.15, 0.2) is 0 Å². The van der Waals surface area contributed by atoms with Crippen molar-refractivity contribution in [2.45, 2.75) is 26.8 Å². The molecule has 3 heteroatoms. The Kier molecular flexibility index (Phi) is 3.84. The summed E-state index contributed by atoms with van der Waals surface area (Å²) in [5.74, 6) is 0.954. The van der Waals surface area contributed by atoms with Crippen molar-refractivity contribution in [3.63, 3.8) is 0 Å². The van der Waals surface area contributed by atoms with E-state index in [9.17, 15) is 0 Å². The Bertz CT molecular complexity index is 109. The zero-order valence-corrected chi connectivity index (χ0v) is 7.15. The second-order valence-electron chi connectivity index (χ2n) is 2.80. The third kappa shape index (κ3) is 3.33. The van der Waals surface area contributed by atoms with Crippen LogP contribution >= 0.6 is 0 Å². The first kappa shape index (κ1) is 9.27. The lowest BCUT2D eigenvalue weighted by atomic mass is 10.1. The molecule has 0 fully saturated rings. The van der Waals surface area contributed by atoms with E-state index in [2.05, 4.69) is 31.4 Å². The minimum absolute atomic E-state index is 0.361. The Morgan fingerprint density at radius 1 is 1.30 bits per heavy atom. The second-order valence-corrected chi connectivity index (χ2v) is 2.80. The SMILES string of the molecule is CNC(=N)NC(C)C(C)C. The molecular weight excluding hydrogens is 126 g/mol. The quantitative estimate of drug-likeness (QED) is 0.395. The molecule has 3 nitrogen and oxygen atoms in total. The fraction of sp³-hybridized carbons (Fsp3) is 0.857.